The van der Waals surface area contributed by atoms with Gasteiger partial charge in [-0.3, -0.25) is 4.79 Å². The van der Waals surface area contributed by atoms with Crippen LogP contribution in [0.2, 0.25) is 0 Å². The number of halogens is 4. The third-order valence-corrected chi connectivity index (χ3v) is 4.09. The number of ether oxygens (including phenoxy) is 1. The van der Waals surface area contributed by atoms with E-state index >= 15 is 0 Å². The Hall–Kier alpha value is -2.25. The van der Waals surface area contributed by atoms with Crippen LogP contribution in [0, 0.1) is 0 Å². The maximum atomic E-state index is 12.5. The Morgan fingerprint density at radius 2 is 1.93 bits per heavy atom. The fourth-order valence-electron chi connectivity index (χ4n) is 2.96. The summed E-state index contributed by atoms with van der Waals surface area (Å²) in [7, 11) is 0. The molecule has 148 valence electrons. The Labute approximate surface area is 168 Å². The third kappa shape index (κ3) is 5.87. The van der Waals surface area contributed by atoms with E-state index in [9.17, 15) is 13.6 Å². The number of rotatable bonds is 5. The lowest BCUT2D eigenvalue weighted by atomic mass is 10.1. The highest BCUT2D eigenvalue weighted by Gasteiger charge is 2.26. The minimum absolute atomic E-state index is 0. The van der Waals surface area contributed by atoms with Crippen molar-refractivity contribution in [3.05, 3.63) is 54.1 Å². The van der Waals surface area contributed by atoms with E-state index in [1.54, 1.807) is 42.5 Å². The Kier molecular flexibility index (Phi) is 8.59. The van der Waals surface area contributed by atoms with Crippen LogP contribution in [0.3, 0.4) is 0 Å². The van der Waals surface area contributed by atoms with Crippen LogP contribution in [0.5, 0.6) is 5.75 Å². The Bertz CT molecular complexity index is 765. The number of hydrogen-bond donors (Lipinski definition) is 2. The highest BCUT2D eigenvalue weighted by Crippen LogP contribution is 2.31. The van der Waals surface area contributed by atoms with Crippen molar-refractivity contribution >= 4 is 42.1 Å². The molecule has 1 atom stereocenters. The van der Waals surface area contributed by atoms with Gasteiger partial charge in [-0.15, -0.1) is 24.8 Å². The maximum absolute atomic E-state index is 12.5. The first kappa shape index (κ1) is 22.8. The minimum atomic E-state index is -2.87. The summed E-state index contributed by atoms with van der Waals surface area (Å²) in [4.78, 5) is 14.2. The van der Waals surface area contributed by atoms with Crippen molar-refractivity contribution < 1.29 is 18.3 Å². The molecule has 0 bridgehead atoms. The highest BCUT2D eigenvalue weighted by atomic mass is 35.5. The quantitative estimate of drug-likeness (QED) is 0.724. The molecule has 0 aromatic heterocycles. The van der Waals surface area contributed by atoms with E-state index in [0.717, 1.165) is 6.42 Å². The molecule has 3 rings (SSSR count). The number of alkyl halides is 2. The molecule has 9 heteroatoms. The lowest BCUT2D eigenvalue weighted by Crippen LogP contribution is -2.37. The van der Waals surface area contributed by atoms with Crippen molar-refractivity contribution in [1.82, 2.24) is 5.32 Å². The number of carbonyl (C=O) groups is 1. The van der Waals surface area contributed by atoms with Crippen LogP contribution in [-0.2, 0) is 0 Å². The largest absolute Gasteiger partial charge is 0.433 e. The molecule has 3 N–H and O–H groups in total. The van der Waals surface area contributed by atoms with E-state index in [1.165, 1.54) is 6.07 Å². The molecule has 5 nitrogen and oxygen atoms in total. The van der Waals surface area contributed by atoms with Crippen LogP contribution in [0.1, 0.15) is 16.8 Å². The lowest BCUT2D eigenvalue weighted by Gasteiger charge is -2.22. The normalized spacial score (nSPS) is 15.7. The van der Waals surface area contributed by atoms with Gasteiger partial charge in [-0.1, -0.05) is 18.2 Å². The van der Waals surface area contributed by atoms with Gasteiger partial charge in [0, 0.05) is 30.4 Å². The predicted molar refractivity (Wildman–Crippen MR) is 107 cm³/mol. The molecule has 1 aliphatic rings. The van der Waals surface area contributed by atoms with Crippen LogP contribution in [-0.4, -0.2) is 31.7 Å². The SMILES string of the molecule is Cl.Cl.Nc1cccc(C(=O)NC2CCN(c3ccccc3OC(F)F)C2)c1. The van der Waals surface area contributed by atoms with E-state index in [2.05, 4.69) is 10.1 Å². The van der Waals surface area contributed by atoms with E-state index in [0.29, 0.717) is 30.0 Å². The molecule has 0 saturated carbocycles. The average Bonchev–Trinajstić information content (AvgIpc) is 3.03. The summed E-state index contributed by atoms with van der Waals surface area (Å²) in [5.41, 5.74) is 7.32. The smallest absolute Gasteiger partial charge is 0.387 e. The molecule has 1 unspecified atom stereocenters. The van der Waals surface area contributed by atoms with E-state index in [1.807, 2.05) is 4.90 Å². The third-order valence-electron chi connectivity index (χ3n) is 4.09. The van der Waals surface area contributed by atoms with Gasteiger partial charge in [0.15, 0.2) is 0 Å². The molecular weight excluding hydrogens is 399 g/mol. The molecule has 0 aliphatic carbocycles. The van der Waals surface area contributed by atoms with Crippen LogP contribution in [0.4, 0.5) is 20.2 Å². The second kappa shape index (κ2) is 10.2. The first-order valence-corrected chi connectivity index (χ1v) is 7.98. The number of carbonyl (C=O) groups excluding carboxylic acids is 1. The molecule has 1 fully saturated rings. The van der Waals surface area contributed by atoms with Gasteiger partial charge in [-0.05, 0) is 36.8 Å². The summed E-state index contributed by atoms with van der Waals surface area (Å²) < 4.78 is 29.7. The summed E-state index contributed by atoms with van der Waals surface area (Å²) in [6.45, 7) is -1.70. The number of nitrogens with two attached hydrogens (primary N) is 1. The Morgan fingerprint density at radius 3 is 2.63 bits per heavy atom. The van der Waals surface area contributed by atoms with E-state index < -0.39 is 6.61 Å². The molecule has 2 aromatic rings. The van der Waals surface area contributed by atoms with Crippen LogP contribution >= 0.6 is 24.8 Å². The lowest BCUT2D eigenvalue weighted by molar-refractivity contribution is -0.0495. The van der Waals surface area contributed by atoms with Crippen molar-refractivity contribution in [1.29, 1.82) is 0 Å². The number of nitrogens with one attached hydrogen (secondary N) is 1. The first-order valence-electron chi connectivity index (χ1n) is 7.98. The van der Waals surface area contributed by atoms with Gasteiger partial charge < -0.3 is 20.7 Å². The Balaban J connectivity index is 0.00000182. The topological polar surface area (TPSA) is 67.6 Å². The van der Waals surface area contributed by atoms with Gasteiger partial charge in [0.1, 0.15) is 5.75 Å². The molecule has 2 aromatic carbocycles. The number of para-hydroxylation sites is 2. The molecule has 1 amide bonds. The van der Waals surface area contributed by atoms with Crippen molar-refractivity contribution in [3.63, 3.8) is 0 Å². The van der Waals surface area contributed by atoms with Gasteiger partial charge in [0.05, 0.1) is 5.69 Å². The highest BCUT2D eigenvalue weighted by molar-refractivity contribution is 5.95. The summed E-state index contributed by atoms with van der Waals surface area (Å²) in [5.74, 6) is -0.0587. The first-order chi connectivity index (χ1) is 12.0. The van der Waals surface area contributed by atoms with Gasteiger partial charge in [0.2, 0.25) is 0 Å². The average molecular weight is 420 g/mol. The number of nitrogens with zero attached hydrogens (tertiary/aromatic N) is 1. The predicted octanol–water partition coefficient (Wildman–Crippen LogP) is 3.72. The number of amides is 1. The standard InChI is InChI=1S/C18H19F2N3O2.2ClH/c19-18(20)25-16-7-2-1-6-15(16)23-9-8-14(11-23)22-17(24)12-4-3-5-13(21)10-12;;/h1-7,10,14,18H,8-9,11,21H2,(H,22,24);2*1H. The second-order valence-electron chi connectivity index (χ2n) is 5.88. The van der Waals surface area contributed by atoms with Gasteiger partial charge in [0.25, 0.3) is 5.91 Å². The second-order valence-corrected chi connectivity index (χ2v) is 5.88. The van der Waals surface area contributed by atoms with Gasteiger partial charge in [-0.2, -0.15) is 8.78 Å². The zero-order chi connectivity index (χ0) is 17.8. The number of hydrogen-bond acceptors (Lipinski definition) is 4. The fourth-order valence-corrected chi connectivity index (χ4v) is 2.96. The molecular formula is C18H21Cl2F2N3O2. The number of anilines is 2. The molecule has 1 aliphatic heterocycles. The minimum Gasteiger partial charge on any atom is -0.433 e. The van der Waals surface area contributed by atoms with Crippen LogP contribution in [0.15, 0.2) is 48.5 Å². The molecule has 0 radical (unpaired) electrons. The zero-order valence-corrected chi connectivity index (χ0v) is 15.9. The van der Waals surface area contributed by atoms with Crippen LogP contribution < -0.4 is 20.7 Å². The van der Waals surface area contributed by atoms with Gasteiger partial charge >= 0.3 is 6.61 Å². The molecule has 0 spiro atoms. The molecule has 27 heavy (non-hydrogen) atoms. The molecule has 1 heterocycles. The number of nitrogen functional groups attached to an aromatic ring is 1. The summed E-state index contributed by atoms with van der Waals surface area (Å²) >= 11 is 0. The monoisotopic (exact) mass is 419 g/mol. The maximum Gasteiger partial charge on any atom is 0.387 e. The number of benzene rings is 2. The summed E-state index contributed by atoms with van der Waals surface area (Å²) in [6.07, 6.45) is 0.719. The van der Waals surface area contributed by atoms with E-state index in [4.69, 9.17) is 5.73 Å². The van der Waals surface area contributed by atoms with E-state index in [-0.39, 0.29) is 42.5 Å². The van der Waals surface area contributed by atoms with Crippen molar-refractivity contribution in [2.75, 3.05) is 23.7 Å². The van der Waals surface area contributed by atoms with Crippen LogP contribution in [0.25, 0.3) is 0 Å². The fraction of sp³-hybridized carbons (Fsp3) is 0.278. The molecule has 1 saturated heterocycles. The van der Waals surface area contributed by atoms with Crippen molar-refractivity contribution in [2.24, 2.45) is 0 Å². The Morgan fingerprint density at radius 1 is 1.19 bits per heavy atom. The zero-order valence-electron chi connectivity index (χ0n) is 14.3. The van der Waals surface area contributed by atoms with Crippen molar-refractivity contribution in [2.45, 2.75) is 19.1 Å². The van der Waals surface area contributed by atoms with Crippen molar-refractivity contribution in [3.8, 4) is 5.75 Å². The summed E-state index contributed by atoms with van der Waals surface area (Å²) in [6, 6.07) is 13.4. The summed E-state index contributed by atoms with van der Waals surface area (Å²) in [5, 5.41) is 2.96. The van der Waals surface area contributed by atoms with Gasteiger partial charge in [-0.25, -0.2) is 0 Å².